The number of anilines is 1. The van der Waals surface area contributed by atoms with Crippen molar-refractivity contribution < 1.29 is 35.1 Å². The third-order valence-electron chi connectivity index (χ3n) is 3.32. The summed E-state index contributed by atoms with van der Waals surface area (Å²) in [5.74, 6) is -1.31. The molecule has 0 aromatic heterocycles. The molecule has 5 atom stereocenters. The molecule has 8 nitrogen and oxygen atoms in total. The van der Waals surface area contributed by atoms with Gasteiger partial charge in [-0.3, -0.25) is 0 Å². The molecule has 5 N–H and O–H groups in total. The summed E-state index contributed by atoms with van der Waals surface area (Å²) in [6, 6.07) is 5.49. The molecule has 1 aromatic rings. The van der Waals surface area contributed by atoms with Crippen molar-refractivity contribution in [2.24, 2.45) is 0 Å². The summed E-state index contributed by atoms with van der Waals surface area (Å²) in [5, 5.41) is 51.6. The Bertz CT molecular complexity index is 490. The highest BCUT2D eigenvalue weighted by Gasteiger charge is 2.43. The topological polar surface area (TPSA) is 142 Å². The minimum atomic E-state index is -1.48. The van der Waals surface area contributed by atoms with Crippen LogP contribution in [0.5, 0.6) is 0 Å². The van der Waals surface area contributed by atoms with Crippen molar-refractivity contribution in [3.05, 3.63) is 29.8 Å². The van der Waals surface area contributed by atoms with Gasteiger partial charge in [-0.15, -0.1) is 0 Å². The molecule has 0 unspecified atom stereocenters. The summed E-state index contributed by atoms with van der Waals surface area (Å²) in [6.07, 6.45) is -6.39. The number of rotatable bonds is 4. The van der Waals surface area contributed by atoms with Gasteiger partial charge in [0.15, 0.2) is 6.23 Å². The normalized spacial score (nSPS) is 32.7. The monoisotopic (exact) mass is 298 g/mol. The molecule has 0 saturated carbocycles. The molecule has 116 valence electrons. The minimum Gasteiger partial charge on any atom is -0.545 e. The number of hydrogen-bond donors (Lipinski definition) is 5. The highest BCUT2D eigenvalue weighted by molar-refractivity contribution is 5.86. The minimum absolute atomic E-state index is 0.00523. The molecule has 0 aliphatic carbocycles. The first kappa shape index (κ1) is 15.7. The van der Waals surface area contributed by atoms with Gasteiger partial charge >= 0.3 is 0 Å². The number of carbonyl (C=O) groups is 1. The van der Waals surface area contributed by atoms with Gasteiger partial charge in [-0.25, -0.2) is 0 Å². The lowest BCUT2D eigenvalue weighted by atomic mass is 9.98. The molecule has 1 heterocycles. The Kier molecular flexibility index (Phi) is 4.76. The van der Waals surface area contributed by atoms with Crippen molar-refractivity contribution in [2.75, 3.05) is 11.9 Å². The molecular weight excluding hydrogens is 282 g/mol. The van der Waals surface area contributed by atoms with Crippen molar-refractivity contribution in [1.82, 2.24) is 0 Å². The van der Waals surface area contributed by atoms with Crippen LogP contribution >= 0.6 is 0 Å². The van der Waals surface area contributed by atoms with Gasteiger partial charge in [-0.2, -0.15) is 0 Å². The van der Waals surface area contributed by atoms with Gasteiger partial charge < -0.3 is 40.4 Å². The smallest absolute Gasteiger partial charge is 0.157 e. The number of hydrogen-bond acceptors (Lipinski definition) is 8. The van der Waals surface area contributed by atoms with Crippen LogP contribution in [0.3, 0.4) is 0 Å². The van der Waals surface area contributed by atoms with Crippen molar-refractivity contribution in [2.45, 2.75) is 30.6 Å². The standard InChI is InChI=1S/C13H17NO7/c15-5-8-9(16)10(17)11(18)12(21-8)14-7-3-1-6(2-4-7)13(19)20/h1-4,8-12,14-18H,5H2,(H,19,20)/p-1/t8-,9+,10+,11+,12+/m0/s1. The lowest BCUT2D eigenvalue weighted by Crippen LogP contribution is -2.60. The van der Waals surface area contributed by atoms with Crippen molar-refractivity contribution in [3.8, 4) is 0 Å². The van der Waals surface area contributed by atoms with Crippen LogP contribution in [-0.2, 0) is 4.74 Å². The predicted octanol–water partition coefficient (Wildman–Crippen LogP) is -2.74. The second-order valence-electron chi connectivity index (χ2n) is 4.76. The van der Waals surface area contributed by atoms with Gasteiger partial charge in [0.1, 0.15) is 24.4 Å². The SMILES string of the molecule is O=C([O-])c1ccc(N[C@@H]2O[C@@H](CO)[C@@H](O)[C@@H](O)[C@H]2O)cc1. The van der Waals surface area contributed by atoms with Crippen LogP contribution in [0.4, 0.5) is 5.69 Å². The molecule has 1 saturated heterocycles. The van der Waals surface area contributed by atoms with E-state index in [1.54, 1.807) is 0 Å². The van der Waals surface area contributed by atoms with Crippen LogP contribution in [0.25, 0.3) is 0 Å². The second kappa shape index (κ2) is 6.37. The average molecular weight is 298 g/mol. The van der Waals surface area contributed by atoms with Gasteiger partial charge in [0.2, 0.25) is 0 Å². The van der Waals surface area contributed by atoms with Crippen LogP contribution in [0.2, 0.25) is 0 Å². The van der Waals surface area contributed by atoms with Gasteiger partial charge in [-0.05, 0) is 17.7 Å². The number of carboxylic acid groups (broad SMARTS) is 1. The Morgan fingerprint density at radius 1 is 1.14 bits per heavy atom. The van der Waals surface area contributed by atoms with E-state index in [-0.39, 0.29) is 5.56 Å². The Balaban J connectivity index is 2.08. The van der Waals surface area contributed by atoms with E-state index >= 15 is 0 Å². The van der Waals surface area contributed by atoms with Crippen LogP contribution in [0.1, 0.15) is 10.4 Å². The quantitative estimate of drug-likeness (QED) is 0.403. The zero-order valence-corrected chi connectivity index (χ0v) is 10.9. The zero-order valence-electron chi connectivity index (χ0n) is 10.9. The molecule has 0 radical (unpaired) electrons. The number of aromatic carboxylic acids is 1. The van der Waals surface area contributed by atoms with Crippen LogP contribution < -0.4 is 10.4 Å². The van der Waals surface area contributed by atoms with E-state index in [1.807, 2.05) is 0 Å². The number of nitrogens with one attached hydrogen (secondary N) is 1. The van der Waals surface area contributed by atoms with Gasteiger partial charge in [-0.1, -0.05) is 12.1 Å². The molecular formula is C13H16NO7-. The maximum Gasteiger partial charge on any atom is 0.157 e. The maximum absolute atomic E-state index is 10.6. The summed E-state index contributed by atoms with van der Waals surface area (Å²) in [6.45, 7) is -0.521. The fourth-order valence-corrected chi connectivity index (χ4v) is 2.09. The fraction of sp³-hybridized carbons (Fsp3) is 0.462. The number of benzene rings is 1. The molecule has 0 amide bonds. The Morgan fingerprint density at radius 2 is 1.76 bits per heavy atom. The van der Waals surface area contributed by atoms with E-state index in [0.29, 0.717) is 5.69 Å². The number of aliphatic hydroxyl groups excluding tert-OH is 4. The summed E-state index contributed by atoms with van der Waals surface area (Å²) >= 11 is 0. The number of aliphatic hydroxyl groups is 4. The summed E-state index contributed by atoms with van der Waals surface area (Å²) in [4.78, 5) is 10.6. The second-order valence-corrected chi connectivity index (χ2v) is 4.76. The highest BCUT2D eigenvalue weighted by Crippen LogP contribution is 2.23. The largest absolute Gasteiger partial charge is 0.545 e. The van der Waals surface area contributed by atoms with E-state index in [2.05, 4.69) is 5.32 Å². The highest BCUT2D eigenvalue weighted by atomic mass is 16.6. The van der Waals surface area contributed by atoms with E-state index in [9.17, 15) is 25.2 Å². The molecule has 21 heavy (non-hydrogen) atoms. The summed E-state index contributed by atoms with van der Waals surface area (Å²) in [5.41, 5.74) is 0.429. The first-order valence-corrected chi connectivity index (χ1v) is 6.32. The van der Waals surface area contributed by atoms with Crippen LogP contribution in [0, 0.1) is 0 Å². The third-order valence-corrected chi connectivity index (χ3v) is 3.32. The molecule has 0 bridgehead atoms. The van der Waals surface area contributed by atoms with E-state index in [0.717, 1.165) is 0 Å². The maximum atomic E-state index is 10.6. The Hall–Kier alpha value is -1.71. The molecule has 1 aliphatic heterocycles. The predicted molar refractivity (Wildman–Crippen MR) is 68.2 cm³/mol. The molecule has 1 fully saturated rings. The molecule has 1 aliphatic rings. The lowest BCUT2D eigenvalue weighted by molar-refractivity contribution is -0.255. The number of carbonyl (C=O) groups excluding carboxylic acids is 1. The fourth-order valence-electron chi connectivity index (χ4n) is 2.09. The number of carboxylic acids is 1. The van der Waals surface area contributed by atoms with Crippen LogP contribution in [0.15, 0.2) is 24.3 Å². The number of ether oxygens (including phenoxy) is 1. The van der Waals surface area contributed by atoms with Crippen molar-refractivity contribution in [3.63, 3.8) is 0 Å². The zero-order chi connectivity index (χ0) is 15.6. The summed E-state index contributed by atoms with van der Waals surface area (Å²) < 4.78 is 5.26. The van der Waals surface area contributed by atoms with Crippen molar-refractivity contribution in [1.29, 1.82) is 0 Å². The Morgan fingerprint density at radius 3 is 2.29 bits per heavy atom. The molecule has 0 spiro atoms. The summed E-state index contributed by atoms with van der Waals surface area (Å²) in [7, 11) is 0. The molecule has 1 aromatic carbocycles. The molecule has 2 rings (SSSR count). The van der Waals surface area contributed by atoms with E-state index in [4.69, 9.17) is 9.84 Å². The molecule has 8 heteroatoms. The van der Waals surface area contributed by atoms with E-state index < -0.39 is 43.2 Å². The van der Waals surface area contributed by atoms with Crippen molar-refractivity contribution >= 4 is 11.7 Å². The lowest BCUT2D eigenvalue weighted by Gasteiger charge is -2.40. The first-order chi connectivity index (χ1) is 9.93. The first-order valence-electron chi connectivity index (χ1n) is 6.32. The average Bonchev–Trinajstić information content (AvgIpc) is 2.48. The Labute approximate surface area is 120 Å². The van der Waals surface area contributed by atoms with Crippen LogP contribution in [-0.4, -0.2) is 63.6 Å². The van der Waals surface area contributed by atoms with Gasteiger partial charge in [0, 0.05) is 5.69 Å². The van der Waals surface area contributed by atoms with Gasteiger partial charge in [0.25, 0.3) is 0 Å². The third kappa shape index (κ3) is 3.31. The van der Waals surface area contributed by atoms with Gasteiger partial charge in [0.05, 0.1) is 12.6 Å². The van der Waals surface area contributed by atoms with E-state index in [1.165, 1.54) is 24.3 Å².